The van der Waals surface area contributed by atoms with Gasteiger partial charge in [-0.15, -0.1) is 0 Å². The third-order valence-corrected chi connectivity index (χ3v) is 3.97. The molecule has 0 radical (unpaired) electrons. The van der Waals surface area contributed by atoms with Gasteiger partial charge in [0, 0.05) is 37.1 Å². The normalized spacial score (nSPS) is 17.7. The monoisotopic (exact) mass is 294 g/mol. The first-order valence-corrected chi connectivity index (χ1v) is 7.71. The van der Waals surface area contributed by atoms with Crippen LogP contribution in [-0.4, -0.2) is 21.8 Å². The zero-order valence-electron chi connectivity index (χ0n) is 13.4. The van der Waals surface area contributed by atoms with E-state index in [2.05, 4.69) is 54.1 Å². The number of imidazole rings is 1. The van der Waals surface area contributed by atoms with E-state index in [0.29, 0.717) is 6.04 Å². The summed E-state index contributed by atoms with van der Waals surface area (Å²) in [6.45, 7) is 4.17. The summed E-state index contributed by atoms with van der Waals surface area (Å²) >= 11 is 0. The smallest absolute Gasteiger partial charge is 0.109 e. The van der Waals surface area contributed by atoms with Crippen LogP contribution >= 0.6 is 0 Å². The predicted molar refractivity (Wildman–Crippen MR) is 90.8 cm³/mol. The van der Waals surface area contributed by atoms with Gasteiger partial charge < -0.3 is 9.88 Å². The van der Waals surface area contributed by atoms with Crippen molar-refractivity contribution in [1.29, 1.82) is 0 Å². The molecule has 1 aromatic heterocycles. The quantitative estimate of drug-likeness (QED) is 0.940. The minimum atomic E-state index is 0.306. The van der Waals surface area contributed by atoms with Crippen LogP contribution in [0, 0.1) is 0 Å². The Bertz CT molecular complexity index is 710. The highest BCUT2D eigenvalue weighted by molar-refractivity contribution is 5.67. The van der Waals surface area contributed by atoms with Gasteiger partial charge in [-0.1, -0.05) is 30.3 Å². The summed E-state index contributed by atoms with van der Waals surface area (Å²) in [5, 5.41) is 3.49. The van der Waals surface area contributed by atoms with E-state index in [-0.39, 0.29) is 0 Å². The molecule has 1 atom stereocenters. The van der Waals surface area contributed by atoms with Crippen molar-refractivity contribution in [2.24, 2.45) is 12.0 Å². The Balaban J connectivity index is 1.74. The van der Waals surface area contributed by atoms with E-state index in [1.807, 2.05) is 24.4 Å². The number of aliphatic imine (C=N–C) groups is 1. The number of allylic oxidation sites excluding steroid dienone is 2. The highest BCUT2D eigenvalue weighted by Gasteiger charge is 2.13. The number of aromatic nitrogens is 2. The topological polar surface area (TPSA) is 42.2 Å². The van der Waals surface area contributed by atoms with Crippen LogP contribution in [0.25, 0.3) is 11.3 Å². The molecule has 1 unspecified atom stereocenters. The Morgan fingerprint density at radius 1 is 1.18 bits per heavy atom. The highest BCUT2D eigenvalue weighted by Crippen LogP contribution is 2.20. The van der Waals surface area contributed by atoms with Gasteiger partial charge in [0.2, 0.25) is 0 Å². The molecule has 4 nitrogen and oxygen atoms in total. The maximum atomic E-state index is 4.78. The first kappa shape index (κ1) is 14.6. The Labute approximate surface area is 131 Å². The first-order chi connectivity index (χ1) is 10.6. The van der Waals surface area contributed by atoms with Crippen LogP contribution in [0.3, 0.4) is 0 Å². The highest BCUT2D eigenvalue weighted by atomic mass is 15.0. The second kappa shape index (κ2) is 6.18. The second-order valence-electron chi connectivity index (χ2n) is 5.79. The minimum absolute atomic E-state index is 0.306. The summed E-state index contributed by atoms with van der Waals surface area (Å²) in [6, 6.07) is 10.6. The SMILES string of the molecule is CC1=C(CCc2nc(-c3ccccc3)cn2C)NC(C)C=N1. The molecular weight excluding hydrogens is 272 g/mol. The van der Waals surface area contributed by atoms with Crippen molar-refractivity contribution in [1.82, 2.24) is 14.9 Å². The molecule has 22 heavy (non-hydrogen) atoms. The lowest BCUT2D eigenvalue weighted by atomic mass is 10.1. The summed E-state index contributed by atoms with van der Waals surface area (Å²) in [6.07, 6.45) is 5.89. The third-order valence-electron chi connectivity index (χ3n) is 3.97. The zero-order valence-corrected chi connectivity index (χ0v) is 13.4. The van der Waals surface area contributed by atoms with Gasteiger partial charge in [-0.05, 0) is 20.3 Å². The Hall–Kier alpha value is -2.36. The van der Waals surface area contributed by atoms with Crippen molar-refractivity contribution in [3.05, 3.63) is 53.7 Å². The fraction of sp³-hybridized carbons (Fsp3) is 0.333. The molecule has 0 spiro atoms. The molecular formula is C18H22N4. The van der Waals surface area contributed by atoms with Crippen LogP contribution in [0.15, 0.2) is 52.9 Å². The van der Waals surface area contributed by atoms with Crippen molar-refractivity contribution in [2.75, 3.05) is 0 Å². The van der Waals surface area contributed by atoms with E-state index in [1.54, 1.807) is 0 Å². The maximum Gasteiger partial charge on any atom is 0.109 e. The van der Waals surface area contributed by atoms with Crippen LogP contribution in [-0.2, 0) is 13.5 Å². The van der Waals surface area contributed by atoms with Crippen molar-refractivity contribution in [2.45, 2.75) is 32.7 Å². The van der Waals surface area contributed by atoms with Gasteiger partial charge in [-0.3, -0.25) is 4.99 Å². The van der Waals surface area contributed by atoms with E-state index < -0.39 is 0 Å². The number of benzene rings is 1. The summed E-state index contributed by atoms with van der Waals surface area (Å²) < 4.78 is 2.12. The van der Waals surface area contributed by atoms with Gasteiger partial charge in [0.25, 0.3) is 0 Å². The molecule has 1 N–H and O–H groups in total. The maximum absolute atomic E-state index is 4.78. The summed E-state index contributed by atoms with van der Waals surface area (Å²) in [5.74, 6) is 1.10. The lowest BCUT2D eigenvalue weighted by Crippen LogP contribution is -2.30. The molecule has 2 heterocycles. The molecule has 0 saturated heterocycles. The molecule has 1 aromatic carbocycles. The molecule has 0 amide bonds. The third kappa shape index (κ3) is 3.11. The lowest BCUT2D eigenvalue weighted by Gasteiger charge is -2.20. The molecule has 1 aliphatic rings. The molecule has 0 saturated carbocycles. The average molecular weight is 294 g/mol. The van der Waals surface area contributed by atoms with Gasteiger partial charge in [-0.25, -0.2) is 4.98 Å². The van der Waals surface area contributed by atoms with Gasteiger partial charge in [-0.2, -0.15) is 0 Å². The molecule has 0 fully saturated rings. The fourth-order valence-electron chi connectivity index (χ4n) is 2.69. The van der Waals surface area contributed by atoms with Crippen LogP contribution in [0.2, 0.25) is 0 Å². The van der Waals surface area contributed by atoms with E-state index in [1.165, 1.54) is 5.70 Å². The number of rotatable bonds is 4. The molecule has 0 bridgehead atoms. The molecule has 4 heteroatoms. The largest absolute Gasteiger partial charge is 0.379 e. The van der Waals surface area contributed by atoms with Gasteiger partial charge in [0.05, 0.1) is 17.4 Å². The summed E-state index contributed by atoms with van der Waals surface area (Å²) in [4.78, 5) is 9.23. The molecule has 3 rings (SSSR count). The molecule has 0 aliphatic carbocycles. The number of hydrogen-bond acceptors (Lipinski definition) is 3. The number of nitrogens with one attached hydrogen (secondary N) is 1. The minimum Gasteiger partial charge on any atom is -0.379 e. The van der Waals surface area contributed by atoms with Crippen molar-refractivity contribution < 1.29 is 0 Å². The van der Waals surface area contributed by atoms with Gasteiger partial charge >= 0.3 is 0 Å². The molecule has 1 aliphatic heterocycles. The fourth-order valence-corrected chi connectivity index (χ4v) is 2.69. The Kier molecular flexibility index (Phi) is 4.09. The standard InChI is InChI=1S/C18H22N4/c1-13-11-19-14(2)16(20-13)9-10-18-21-17(12-22(18)3)15-7-5-4-6-8-15/h4-8,11-13,20H,9-10H2,1-3H3. The van der Waals surface area contributed by atoms with Crippen LogP contribution in [0.5, 0.6) is 0 Å². The second-order valence-corrected chi connectivity index (χ2v) is 5.79. The van der Waals surface area contributed by atoms with E-state index in [0.717, 1.165) is 35.6 Å². The van der Waals surface area contributed by atoms with E-state index >= 15 is 0 Å². The molecule has 114 valence electrons. The summed E-state index contributed by atoms with van der Waals surface area (Å²) in [7, 11) is 2.06. The average Bonchev–Trinajstić information content (AvgIpc) is 2.90. The predicted octanol–water partition coefficient (Wildman–Crippen LogP) is 3.31. The zero-order chi connectivity index (χ0) is 15.5. The lowest BCUT2D eigenvalue weighted by molar-refractivity contribution is 0.670. The number of aryl methyl sites for hydroxylation is 2. The number of nitrogens with zero attached hydrogens (tertiary/aromatic N) is 3. The molecule has 2 aromatic rings. The van der Waals surface area contributed by atoms with Crippen LogP contribution < -0.4 is 5.32 Å². The van der Waals surface area contributed by atoms with Gasteiger partial charge in [0.1, 0.15) is 5.82 Å². The van der Waals surface area contributed by atoms with Crippen molar-refractivity contribution in [3.8, 4) is 11.3 Å². The first-order valence-electron chi connectivity index (χ1n) is 7.71. The van der Waals surface area contributed by atoms with Crippen LogP contribution in [0.4, 0.5) is 0 Å². The summed E-state index contributed by atoms with van der Waals surface area (Å²) in [5.41, 5.74) is 4.50. The van der Waals surface area contributed by atoms with Crippen molar-refractivity contribution >= 4 is 6.21 Å². The number of hydrogen-bond donors (Lipinski definition) is 1. The Morgan fingerprint density at radius 3 is 2.73 bits per heavy atom. The van der Waals surface area contributed by atoms with Crippen LogP contribution in [0.1, 0.15) is 26.1 Å². The van der Waals surface area contributed by atoms with Crippen molar-refractivity contribution in [3.63, 3.8) is 0 Å². The Morgan fingerprint density at radius 2 is 1.95 bits per heavy atom. The van der Waals surface area contributed by atoms with E-state index in [4.69, 9.17) is 4.98 Å². The van der Waals surface area contributed by atoms with E-state index in [9.17, 15) is 0 Å². The van der Waals surface area contributed by atoms with Gasteiger partial charge in [0.15, 0.2) is 0 Å².